The Morgan fingerprint density at radius 1 is 1.13 bits per heavy atom. The van der Waals surface area contributed by atoms with Crippen molar-refractivity contribution in [1.82, 2.24) is 0 Å². The molecule has 2 aliphatic carbocycles. The molecule has 8 atom stereocenters. The van der Waals surface area contributed by atoms with Gasteiger partial charge in [0.15, 0.2) is 9.84 Å². The SMILES string of the molecule is CCCC[C@]1(CC)CS(=O)(=O)C2CCC(SC)CC2[C@@H](C2CCCC(OC)C2)[C@H]1O. The van der Waals surface area contributed by atoms with Crippen LogP contribution >= 0.6 is 11.8 Å². The second-order valence-corrected chi connectivity index (χ2v) is 13.7. The minimum atomic E-state index is -3.23. The van der Waals surface area contributed by atoms with E-state index in [-0.39, 0.29) is 28.9 Å². The highest BCUT2D eigenvalue weighted by atomic mass is 32.2. The molecule has 6 heteroatoms. The van der Waals surface area contributed by atoms with Crippen molar-refractivity contribution < 1.29 is 18.3 Å². The zero-order valence-electron chi connectivity index (χ0n) is 19.5. The summed E-state index contributed by atoms with van der Waals surface area (Å²) < 4.78 is 33.2. The van der Waals surface area contributed by atoms with E-state index in [9.17, 15) is 13.5 Å². The minimum Gasteiger partial charge on any atom is -0.392 e. The topological polar surface area (TPSA) is 63.6 Å². The van der Waals surface area contributed by atoms with Crippen molar-refractivity contribution in [3.05, 3.63) is 0 Å². The first-order valence-electron chi connectivity index (χ1n) is 12.3. The summed E-state index contributed by atoms with van der Waals surface area (Å²) >= 11 is 1.88. The zero-order chi connectivity index (χ0) is 21.9. The van der Waals surface area contributed by atoms with Gasteiger partial charge in [0, 0.05) is 17.8 Å². The average molecular weight is 461 g/mol. The maximum absolute atomic E-state index is 13.7. The average Bonchev–Trinajstić information content (AvgIpc) is 2.83. The van der Waals surface area contributed by atoms with E-state index in [0.717, 1.165) is 70.6 Å². The third kappa shape index (κ3) is 4.92. The Kier molecular flexibility index (Phi) is 8.65. The quantitative estimate of drug-likeness (QED) is 0.574. The molecule has 4 nitrogen and oxygen atoms in total. The molecule has 0 amide bonds. The number of aliphatic hydroxyl groups is 1. The predicted octanol–water partition coefficient (Wildman–Crippen LogP) is 5.08. The van der Waals surface area contributed by atoms with Crippen LogP contribution in [0.5, 0.6) is 0 Å². The molecule has 3 rings (SSSR count). The summed E-state index contributed by atoms with van der Waals surface area (Å²) in [5.74, 6) is 0.719. The van der Waals surface area contributed by atoms with Crippen LogP contribution in [-0.2, 0) is 14.6 Å². The molecule has 3 fully saturated rings. The van der Waals surface area contributed by atoms with Crippen LogP contribution in [0, 0.1) is 23.2 Å². The number of aliphatic hydroxyl groups excluding tert-OH is 1. The molecule has 30 heavy (non-hydrogen) atoms. The van der Waals surface area contributed by atoms with E-state index in [1.807, 2.05) is 11.8 Å². The lowest BCUT2D eigenvalue weighted by Crippen LogP contribution is -2.49. The summed E-state index contributed by atoms with van der Waals surface area (Å²) in [6, 6.07) is 0. The number of methoxy groups -OCH3 is 1. The molecule has 5 unspecified atom stereocenters. The van der Waals surface area contributed by atoms with E-state index in [1.54, 1.807) is 7.11 Å². The van der Waals surface area contributed by atoms with Crippen LogP contribution in [0.15, 0.2) is 0 Å². The van der Waals surface area contributed by atoms with Crippen molar-refractivity contribution in [2.24, 2.45) is 23.2 Å². The van der Waals surface area contributed by atoms with Gasteiger partial charge in [-0.05, 0) is 75.4 Å². The highest BCUT2D eigenvalue weighted by Crippen LogP contribution is 2.53. The van der Waals surface area contributed by atoms with Crippen LogP contribution in [0.25, 0.3) is 0 Å². The number of rotatable bonds is 7. The molecule has 0 aromatic heterocycles. The van der Waals surface area contributed by atoms with Crippen molar-refractivity contribution >= 4 is 21.6 Å². The van der Waals surface area contributed by atoms with Gasteiger partial charge in [-0.15, -0.1) is 0 Å². The summed E-state index contributed by atoms with van der Waals surface area (Å²) in [6.07, 6.45) is 12.5. The summed E-state index contributed by atoms with van der Waals surface area (Å²) in [7, 11) is -1.43. The normalized spacial score (nSPS) is 44.2. The number of hydrogen-bond acceptors (Lipinski definition) is 5. The summed E-state index contributed by atoms with van der Waals surface area (Å²) in [4.78, 5) is 0. The Bertz CT molecular complexity index is 652. The second kappa shape index (κ2) is 10.4. The largest absolute Gasteiger partial charge is 0.392 e. The van der Waals surface area contributed by atoms with Gasteiger partial charge in [-0.2, -0.15) is 11.8 Å². The van der Waals surface area contributed by atoms with Crippen molar-refractivity contribution in [3.63, 3.8) is 0 Å². The van der Waals surface area contributed by atoms with Crippen molar-refractivity contribution in [3.8, 4) is 0 Å². The number of thioether (sulfide) groups is 1. The number of fused-ring (bicyclic) bond motifs is 1. The third-order valence-corrected chi connectivity index (χ3v) is 12.4. The predicted molar refractivity (Wildman–Crippen MR) is 127 cm³/mol. The van der Waals surface area contributed by atoms with Crippen LogP contribution in [0.2, 0.25) is 0 Å². The molecule has 0 radical (unpaired) electrons. The Morgan fingerprint density at radius 2 is 1.90 bits per heavy atom. The number of ether oxygens (including phenoxy) is 1. The van der Waals surface area contributed by atoms with Gasteiger partial charge in [-0.1, -0.05) is 33.1 Å². The highest BCUT2D eigenvalue weighted by Gasteiger charge is 2.56. The monoisotopic (exact) mass is 460 g/mol. The molecule has 0 aromatic carbocycles. The molecule has 3 aliphatic rings. The van der Waals surface area contributed by atoms with Crippen LogP contribution < -0.4 is 0 Å². The lowest BCUT2D eigenvalue weighted by atomic mass is 9.60. The minimum absolute atomic E-state index is 0.0805. The summed E-state index contributed by atoms with van der Waals surface area (Å²) in [5.41, 5.74) is -0.494. The van der Waals surface area contributed by atoms with Crippen LogP contribution in [0.1, 0.15) is 84.5 Å². The smallest absolute Gasteiger partial charge is 0.154 e. The maximum Gasteiger partial charge on any atom is 0.154 e. The first-order chi connectivity index (χ1) is 14.3. The number of hydrogen-bond donors (Lipinski definition) is 1. The van der Waals surface area contributed by atoms with Crippen molar-refractivity contribution in [2.45, 2.75) is 107 Å². The molecule has 1 aliphatic heterocycles. The summed E-state index contributed by atoms with van der Waals surface area (Å²) in [6.45, 7) is 4.26. The highest BCUT2D eigenvalue weighted by molar-refractivity contribution is 7.99. The third-order valence-electron chi connectivity index (χ3n) is 8.83. The van der Waals surface area contributed by atoms with E-state index in [2.05, 4.69) is 20.1 Å². The molecule has 0 bridgehead atoms. The lowest BCUT2D eigenvalue weighted by molar-refractivity contribution is -0.0760. The van der Waals surface area contributed by atoms with Crippen molar-refractivity contribution in [1.29, 1.82) is 0 Å². The standard InChI is InChI=1S/C24H44O4S2/c1-5-7-13-24(6-2)16-30(26,27)21-12-11-19(29-4)15-20(21)22(23(24)25)17-9-8-10-18(14-17)28-3/h17-23,25H,5-16H2,1-4H3/t17?,18?,19?,20?,21?,22-,23-,24-/m1/s1. The molecule has 0 spiro atoms. The van der Waals surface area contributed by atoms with Gasteiger partial charge in [0.2, 0.25) is 0 Å². The fourth-order valence-corrected chi connectivity index (χ4v) is 10.7. The second-order valence-electron chi connectivity index (χ2n) is 10.3. The van der Waals surface area contributed by atoms with Crippen LogP contribution in [0.4, 0.5) is 0 Å². The number of unbranched alkanes of at least 4 members (excludes halogenated alkanes) is 1. The van der Waals surface area contributed by atoms with Gasteiger partial charge >= 0.3 is 0 Å². The summed E-state index contributed by atoms with van der Waals surface area (Å²) in [5, 5.41) is 12.3. The molecule has 2 saturated carbocycles. The van der Waals surface area contributed by atoms with Crippen LogP contribution in [0.3, 0.4) is 0 Å². The molecule has 1 saturated heterocycles. The van der Waals surface area contributed by atoms with Gasteiger partial charge in [0.05, 0.1) is 23.2 Å². The van der Waals surface area contributed by atoms with Gasteiger partial charge in [-0.25, -0.2) is 8.42 Å². The molecule has 176 valence electrons. The van der Waals surface area contributed by atoms with Gasteiger partial charge < -0.3 is 9.84 Å². The Balaban J connectivity index is 2.05. The Morgan fingerprint density at radius 3 is 2.53 bits per heavy atom. The molecular weight excluding hydrogens is 416 g/mol. The van der Waals surface area contributed by atoms with Gasteiger partial charge in [0.25, 0.3) is 0 Å². The van der Waals surface area contributed by atoms with E-state index in [4.69, 9.17) is 4.74 Å². The first kappa shape index (κ1) is 24.9. The molecule has 1 heterocycles. The van der Waals surface area contributed by atoms with E-state index < -0.39 is 21.4 Å². The van der Waals surface area contributed by atoms with Crippen LogP contribution in [-0.4, -0.2) is 55.4 Å². The van der Waals surface area contributed by atoms with E-state index >= 15 is 0 Å². The van der Waals surface area contributed by atoms with Gasteiger partial charge in [0.1, 0.15) is 0 Å². The number of sulfone groups is 1. The maximum atomic E-state index is 13.7. The lowest BCUT2D eigenvalue weighted by Gasteiger charge is -2.47. The molecule has 0 aromatic rings. The molecular formula is C24H44O4S2. The van der Waals surface area contributed by atoms with E-state index in [1.165, 1.54) is 0 Å². The van der Waals surface area contributed by atoms with Gasteiger partial charge in [-0.3, -0.25) is 0 Å². The molecule has 1 N–H and O–H groups in total. The Hall–Kier alpha value is 0.220. The van der Waals surface area contributed by atoms with E-state index in [0.29, 0.717) is 11.2 Å². The zero-order valence-corrected chi connectivity index (χ0v) is 21.1. The first-order valence-corrected chi connectivity index (χ1v) is 15.3. The Labute approximate surface area is 189 Å². The fraction of sp³-hybridized carbons (Fsp3) is 1.00. The van der Waals surface area contributed by atoms with Crippen molar-refractivity contribution in [2.75, 3.05) is 19.1 Å². The fourth-order valence-electron chi connectivity index (χ4n) is 7.03.